The van der Waals surface area contributed by atoms with Gasteiger partial charge in [-0.3, -0.25) is 14.4 Å². The van der Waals surface area contributed by atoms with Crippen molar-refractivity contribution in [2.24, 2.45) is 11.7 Å². The van der Waals surface area contributed by atoms with Gasteiger partial charge in [-0.1, -0.05) is 44.2 Å². The van der Waals surface area contributed by atoms with Gasteiger partial charge in [-0.25, -0.2) is 0 Å². The number of carbonyl (C=O) groups is 4. The average molecular weight is 376 g/mol. The van der Waals surface area contributed by atoms with Crippen LogP contribution in [0.25, 0.3) is 0 Å². The highest BCUT2D eigenvalue weighted by Gasteiger charge is 2.27. The summed E-state index contributed by atoms with van der Waals surface area (Å²) >= 11 is 0. The number of benzene rings is 1. The van der Waals surface area contributed by atoms with Crippen LogP contribution in [0, 0.1) is 5.92 Å². The Balaban J connectivity index is 2.90. The van der Waals surface area contributed by atoms with Crippen LogP contribution in [0.4, 0.5) is 0 Å². The molecule has 5 N–H and O–H groups in total. The summed E-state index contributed by atoms with van der Waals surface area (Å²) in [5.74, 6) is -1.24. The third kappa shape index (κ3) is 8.46. The Hall–Kier alpha value is -2.74. The Morgan fingerprint density at radius 3 is 2.26 bits per heavy atom. The normalized spacial score (nSPS) is 12.7. The van der Waals surface area contributed by atoms with E-state index in [-0.39, 0.29) is 25.4 Å². The number of carbonyl (C=O) groups excluding carboxylic acids is 4. The molecule has 0 fully saturated rings. The van der Waals surface area contributed by atoms with Gasteiger partial charge in [0.1, 0.15) is 18.4 Å². The first-order valence-electron chi connectivity index (χ1n) is 8.92. The molecule has 0 bridgehead atoms. The van der Waals surface area contributed by atoms with Crippen LogP contribution in [0.3, 0.4) is 0 Å². The number of hydrogen-bond donors (Lipinski definition) is 4. The fourth-order valence-electron chi connectivity index (χ4n) is 2.55. The molecule has 0 saturated heterocycles. The Bertz CT molecular complexity index is 634. The van der Waals surface area contributed by atoms with Gasteiger partial charge >= 0.3 is 0 Å². The van der Waals surface area contributed by atoms with Crippen LogP contribution in [-0.2, 0) is 25.6 Å². The van der Waals surface area contributed by atoms with E-state index in [2.05, 4.69) is 16.0 Å². The summed E-state index contributed by atoms with van der Waals surface area (Å²) in [6, 6.07) is 7.55. The minimum Gasteiger partial charge on any atom is -0.348 e. The molecule has 0 saturated carbocycles. The van der Waals surface area contributed by atoms with Crippen LogP contribution in [-0.4, -0.2) is 49.2 Å². The molecule has 8 nitrogen and oxygen atoms in total. The van der Waals surface area contributed by atoms with E-state index in [0.29, 0.717) is 12.7 Å². The molecule has 27 heavy (non-hydrogen) atoms. The molecule has 2 atom stereocenters. The van der Waals surface area contributed by atoms with Crippen molar-refractivity contribution in [1.29, 1.82) is 0 Å². The number of nitrogens with one attached hydrogen (secondary N) is 3. The van der Waals surface area contributed by atoms with Crippen LogP contribution in [0.2, 0.25) is 0 Å². The van der Waals surface area contributed by atoms with Gasteiger partial charge in [0.05, 0.1) is 13.1 Å². The van der Waals surface area contributed by atoms with E-state index < -0.39 is 29.8 Å². The Labute approximate surface area is 159 Å². The van der Waals surface area contributed by atoms with Crippen LogP contribution >= 0.6 is 0 Å². The number of amides is 3. The third-order valence-electron chi connectivity index (χ3n) is 3.82. The standard InChI is InChI=1S/C19H28N4O4/c1-13(2)10-15(18(26)21-8-9-24)23-19(27)16(22-17(25)12-20)11-14-6-4-3-5-7-14/h3-7,9,13,15-16H,8,10-12,20H2,1-2H3,(H,21,26)(H,22,25)(H,23,27)/t15-,16-/m0/s1. The van der Waals surface area contributed by atoms with Gasteiger partial charge in [0, 0.05) is 6.42 Å². The van der Waals surface area contributed by atoms with Gasteiger partial charge in [-0.05, 0) is 17.9 Å². The minimum absolute atomic E-state index is 0.124. The maximum Gasteiger partial charge on any atom is 0.243 e. The first-order valence-corrected chi connectivity index (χ1v) is 8.92. The van der Waals surface area contributed by atoms with Crippen molar-refractivity contribution in [3.8, 4) is 0 Å². The van der Waals surface area contributed by atoms with Crippen molar-refractivity contribution in [1.82, 2.24) is 16.0 Å². The molecule has 1 rings (SSSR count). The fourth-order valence-corrected chi connectivity index (χ4v) is 2.55. The van der Waals surface area contributed by atoms with Crippen molar-refractivity contribution >= 4 is 24.0 Å². The lowest BCUT2D eigenvalue weighted by Gasteiger charge is -2.24. The number of rotatable bonds is 11. The van der Waals surface area contributed by atoms with Gasteiger partial charge in [0.15, 0.2) is 0 Å². The van der Waals surface area contributed by atoms with Crippen LogP contribution in [0.15, 0.2) is 30.3 Å². The molecule has 1 aromatic carbocycles. The van der Waals surface area contributed by atoms with Crippen molar-refractivity contribution in [2.45, 2.75) is 38.8 Å². The lowest BCUT2D eigenvalue weighted by Crippen LogP contribution is -2.55. The van der Waals surface area contributed by atoms with Crippen molar-refractivity contribution in [3.05, 3.63) is 35.9 Å². The largest absolute Gasteiger partial charge is 0.348 e. The van der Waals surface area contributed by atoms with Crippen molar-refractivity contribution < 1.29 is 19.2 Å². The molecule has 0 aliphatic rings. The third-order valence-corrected chi connectivity index (χ3v) is 3.82. The van der Waals surface area contributed by atoms with Gasteiger partial charge in [-0.15, -0.1) is 0 Å². The molecule has 0 spiro atoms. The predicted molar refractivity (Wildman–Crippen MR) is 102 cm³/mol. The highest BCUT2D eigenvalue weighted by atomic mass is 16.2. The van der Waals surface area contributed by atoms with Crippen molar-refractivity contribution in [3.63, 3.8) is 0 Å². The minimum atomic E-state index is -0.864. The molecule has 0 aromatic heterocycles. The Morgan fingerprint density at radius 2 is 1.70 bits per heavy atom. The topological polar surface area (TPSA) is 130 Å². The summed E-state index contributed by atoms with van der Waals surface area (Å²) in [5, 5.41) is 7.73. The maximum atomic E-state index is 12.8. The summed E-state index contributed by atoms with van der Waals surface area (Å²) in [4.78, 5) is 47.2. The zero-order chi connectivity index (χ0) is 20.2. The zero-order valence-electron chi connectivity index (χ0n) is 15.7. The first kappa shape index (κ1) is 22.3. The lowest BCUT2D eigenvalue weighted by atomic mass is 10.0. The Kier molecular flexibility index (Phi) is 9.74. The molecular formula is C19H28N4O4. The van der Waals surface area contributed by atoms with E-state index in [9.17, 15) is 19.2 Å². The summed E-state index contributed by atoms with van der Waals surface area (Å²) in [6.45, 7) is 3.47. The summed E-state index contributed by atoms with van der Waals surface area (Å²) in [5.41, 5.74) is 6.21. The maximum absolute atomic E-state index is 12.8. The second-order valence-corrected chi connectivity index (χ2v) is 6.62. The van der Waals surface area contributed by atoms with Crippen LogP contribution in [0.1, 0.15) is 25.8 Å². The van der Waals surface area contributed by atoms with Gasteiger partial charge in [-0.2, -0.15) is 0 Å². The molecule has 0 radical (unpaired) electrons. The highest BCUT2D eigenvalue weighted by molar-refractivity contribution is 5.92. The van der Waals surface area contributed by atoms with E-state index in [4.69, 9.17) is 5.73 Å². The van der Waals surface area contributed by atoms with E-state index in [1.807, 2.05) is 44.2 Å². The van der Waals surface area contributed by atoms with Crippen LogP contribution in [0.5, 0.6) is 0 Å². The quantitative estimate of drug-likeness (QED) is 0.388. The number of nitrogens with two attached hydrogens (primary N) is 1. The summed E-state index contributed by atoms with van der Waals surface area (Å²) < 4.78 is 0. The first-order chi connectivity index (χ1) is 12.9. The smallest absolute Gasteiger partial charge is 0.243 e. The molecule has 0 heterocycles. The van der Waals surface area contributed by atoms with Gasteiger partial charge in [0.2, 0.25) is 17.7 Å². The molecule has 0 aliphatic carbocycles. The van der Waals surface area contributed by atoms with E-state index in [0.717, 1.165) is 5.56 Å². The summed E-state index contributed by atoms with van der Waals surface area (Å²) in [6.07, 6.45) is 1.24. The van der Waals surface area contributed by atoms with E-state index in [1.54, 1.807) is 0 Å². The monoisotopic (exact) mass is 376 g/mol. The molecule has 148 valence electrons. The Morgan fingerprint density at radius 1 is 1.04 bits per heavy atom. The highest BCUT2D eigenvalue weighted by Crippen LogP contribution is 2.08. The zero-order valence-corrected chi connectivity index (χ0v) is 15.7. The molecule has 3 amide bonds. The predicted octanol–water partition coefficient (Wildman–Crippen LogP) is -0.481. The fraction of sp³-hybridized carbons (Fsp3) is 0.474. The lowest BCUT2D eigenvalue weighted by molar-refractivity contribution is -0.132. The average Bonchev–Trinajstić information content (AvgIpc) is 2.65. The van der Waals surface area contributed by atoms with Crippen molar-refractivity contribution in [2.75, 3.05) is 13.1 Å². The second kappa shape index (κ2) is 11.8. The molecule has 0 aliphatic heterocycles. The van der Waals surface area contributed by atoms with Crippen LogP contribution < -0.4 is 21.7 Å². The number of aldehydes is 1. The molecular weight excluding hydrogens is 348 g/mol. The molecule has 8 heteroatoms. The SMILES string of the molecule is CC(C)C[C@H](NC(=O)[C@H](Cc1ccccc1)NC(=O)CN)C(=O)NCC=O. The summed E-state index contributed by atoms with van der Waals surface area (Å²) in [7, 11) is 0. The molecule has 1 aromatic rings. The van der Waals surface area contributed by atoms with Gasteiger partial charge < -0.3 is 26.5 Å². The molecule has 0 unspecified atom stereocenters. The van der Waals surface area contributed by atoms with Gasteiger partial charge in [0.25, 0.3) is 0 Å². The number of hydrogen-bond acceptors (Lipinski definition) is 5. The second-order valence-electron chi connectivity index (χ2n) is 6.62. The van der Waals surface area contributed by atoms with E-state index >= 15 is 0 Å². The van der Waals surface area contributed by atoms with E-state index in [1.165, 1.54) is 0 Å².